The largest absolute Gasteiger partial charge is 1.00 e. The standard InChI is InChI=1S/C19H19FNO2.ClH/c1-22-18-8-5-15-10-12-21(13-17(15)19(18)23-2)11-9-14-3-6-16(20)7-4-14;/h3-8,10,12-13H,9,11H2,1-2H3;1H/q+1;/p-1. The number of benzene rings is 2. The number of halogens is 2. The minimum absolute atomic E-state index is 0. The summed E-state index contributed by atoms with van der Waals surface area (Å²) in [6, 6.07) is 12.6. The number of aryl methyl sites for hydroxylation is 2. The topological polar surface area (TPSA) is 22.3 Å². The van der Waals surface area contributed by atoms with E-state index in [0.29, 0.717) is 0 Å². The van der Waals surface area contributed by atoms with E-state index < -0.39 is 0 Å². The number of pyridine rings is 1. The molecule has 0 spiro atoms. The average molecular weight is 348 g/mol. The van der Waals surface area contributed by atoms with Gasteiger partial charge in [0.1, 0.15) is 5.82 Å². The highest BCUT2D eigenvalue weighted by atomic mass is 35.5. The van der Waals surface area contributed by atoms with E-state index in [1.54, 1.807) is 14.2 Å². The lowest BCUT2D eigenvalue weighted by atomic mass is 10.1. The molecule has 0 N–H and O–H groups in total. The van der Waals surface area contributed by atoms with Crippen LogP contribution in [0.1, 0.15) is 5.56 Å². The van der Waals surface area contributed by atoms with E-state index in [1.807, 2.05) is 30.5 Å². The zero-order valence-corrected chi connectivity index (χ0v) is 14.4. The molecule has 0 aliphatic heterocycles. The lowest BCUT2D eigenvalue weighted by Gasteiger charge is -2.09. The van der Waals surface area contributed by atoms with Crippen LogP contribution in [0.5, 0.6) is 11.5 Å². The summed E-state index contributed by atoms with van der Waals surface area (Å²) < 4.78 is 25.9. The Morgan fingerprint density at radius 2 is 1.71 bits per heavy atom. The van der Waals surface area contributed by atoms with Gasteiger partial charge in [0.2, 0.25) is 0 Å². The molecule has 3 aromatic rings. The molecule has 0 atom stereocenters. The van der Waals surface area contributed by atoms with Crippen molar-refractivity contribution < 1.29 is 30.8 Å². The predicted molar refractivity (Wildman–Crippen MR) is 87.4 cm³/mol. The van der Waals surface area contributed by atoms with Gasteiger partial charge in [-0.15, -0.1) is 0 Å². The molecule has 5 heteroatoms. The molecule has 0 bridgehead atoms. The monoisotopic (exact) mass is 347 g/mol. The Bertz CT molecular complexity index is 821. The molecule has 0 aliphatic rings. The van der Waals surface area contributed by atoms with Crippen LogP contribution in [0.25, 0.3) is 10.8 Å². The summed E-state index contributed by atoms with van der Waals surface area (Å²) in [5.74, 6) is 1.25. The number of fused-ring (bicyclic) bond motifs is 1. The third kappa shape index (κ3) is 3.77. The molecular formula is C19H19ClFNO2. The molecule has 0 radical (unpaired) electrons. The third-order valence-electron chi connectivity index (χ3n) is 3.93. The van der Waals surface area contributed by atoms with Crippen LogP contribution in [0.4, 0.5) is 4.39 Å². The fraction of sp³-hybridized carbons (Fsp3) is 0.211. The van der Waals surface area contributed by atoms with Crippen LogP contribution < -0.4 is 26.4 Å². The minimum atomic E-state index is -0.205. The van der Waals surface area contributed by atoms with Crippen molar-refractivity contribution >= 4 is 10.8 Å². The highest BCUT2D eigenvalue weighted by Gasteiger charge is 2.13. The lowest BCUT2D eigenvalue weighted by Crippen LogP contribution is -3.00. The number of ether oxygens (including phenoxy) is 2. The molecule has 3 rings (SSSR count). The summed E-state index contributed by atoms with van der Waals surface area (Å²) in [6.45, 7) is 0.807. The fourth-order valence-corrected chi connectivity index (χ4v) is 2.68. The molecule has 0 fully saturated rings. The quantitative estimate of drug-likeness (QED) is 0.628. The van der Waals surface area contributed by atoms with E-state index in [1.165, 1.54) is 12.1 Å². The van der Waals surface area contributed by atoms with Gasteiger partial charge in [-0.2, -0.15) is 0 Å². The van der Waals surface area contributed by atoms with Crippen molar-refractivity contribution in [1.29, 1.82) is 0 Å². The van der Waals surface area contributed by atoms with Crippen molar-refractivity contribution in [1.82, 2.24) is 0 Å². The molecule has 1 aromatic heterocycles. The van der Waals surface area contributed by atoms with E-state index in [4.69, 9.17) is 9.47 Å². The molecule has 0 amide bonds. The number of hydrogen-bond acceptors (Lipinski definition) is 2. The first-order valence-electron chi connectivity index (χ1n) is 7.49. The van der Waals surface area contributed by atoms with Gasteiger partial charge >= 0.3 is 0 Å². The normalized spacial score (nSPS) is 10.3. The molecule has 0 aliphatic carbocycles. The van der Waals surface area contributed by atoms with Gasteiger partial charge in [0, 0.05) is 12.5 Å². The van der Waals surface area contributed by atoms with Crippen LogP contribution in [-0.2, 0) is 13.0 Å². The SMILES string of the molecule is COc1ccc2cc[n+](CCc3ccc(F)cc3)cc2c1OC.[Cl-]. The highest BCUT2D eigenvalue weighted by molar-refractivity contribution is 5.89. The number of hydrogen-bond donors (Lipinski definition) is 0. The number of rotatable bonds is 5. The smallest absolute Gasteiger partial charge is 0.180 e. The molecule has 1 heterocycles. The Hall–Kier alpha value is -2.33. The molecular weight excluding hydrogens is 329 g/mol. The van der Waals surface area contributed by atoms with Gasteiger partial charge in [-0.25, -0.2) is 8.96 Å². The van der Waals surface area contributed by atoms with Gasteiger partial charge in [-0.3, -0.25) is 0 Å². The zero-order chi connectivity index (χ0) is 16.2. The summed E-state index contributed by atoms with van der Waals surface area (Å²) in [5.41, 5.74) is 1.11. The Balaban J connectivity index is 0.00000208. The first kappa shape index (κ1) is 18.0. The molecule has 3 nitrogen and oxygen atoms in total. The van der Waals surface area contributed by atoms with Crippen molar-refractivity contribution in [3.05, 3.63) is 66.2 Å². The molecule has 0 saturated heterocycles. The van der Waals surface area contributed by atoms with Crippen molar-refractivity contribution in [3.63, 3.8) is 0 Å². The van der Waals surface area contributed by atoms with Crippen molar-refractivity contribution in [3.8, 4) is 11.5 Å². The maximum atomic E-state index is 12.9. The number of nitrogens with zero attached hydrogens (tertiary/aromatic N) is 1. The summed E-state index contributed by atoms with van der Waals surface area (Å²) in [6.07, 6.45) is 4.93. The van der Waals surface area contributed by atoms with E-state index >= 15 is 0 Å². The van der Waals surface area contributed by atoms with Crippen LogP contribution in [0.15, 0.2) is 54.9 Å². The van der Waals surface area contributed by atoms with E-state index in [2.05, 4.69) is 16.8 Å². The second kappa shape index (κ2) is 7.97. The third-order valence-corrected chi connectivity index (χ3v) is 3.93. The molecule has 2 aromatic carbocycles. The average Bonchev–Trinajstić information content (AvgIpc) is 2.60. The maximum absolute atomic E-state index is 12.9. The van der Waals surface area contributed by atoms with Crippen molar-refractivity contribution in [2.45, 2.75) is 13.0 Å². The van der Waals surface area contributed by atoms with Crippen molar-refractivity contribution in [2.24, 2.45) is 0 Å². The van der Waals surface area contributed by atoms with E-state index in [9.17, 15) is 4.39 Å². The van der Waals surface area contributed by atoms with Crippen LogP contribution in [-0.4, -0.2) is 14.2 Å². The van der Waals surface area contributed by atoms with Crippen LogP contribution in [0.2, 0.25) is 0 Å². The first-order chi connectivity index (χ1) is 11.2. The minimum Gasteiger partial charge on any atom is -1.00 e. The van der Waals surface area contributed by atoms with Crippen molar-refractivity contribution in [2.75, 3.05) is 14.2 Å². The van der Waals surface area contributed by atoms with Gasteiger partial charge in [0.05, 0.1) is 19.6 Å². The van der Waals surface area contributed by atoms with Gasteiger partial charge < -0.3 is 21.9 Å². The molecule has 24 heavy (non-hydrogen) atoms. The summed E-state index contributed by atoms with van der Waals surface area (Å²) in [7, 11) is 3.28. The Labute approximate surface area is 147 Å². The second-order valence-electron chi connectivity index (χ2n) is 5.36. The van der Waals surface area contributed by atoms with Crippen LogP contribution >= 0.6 is 0 Å². The van der Waals surface area contributed by atoms with Crippen LogP contribution in [0.3, 0.4) is 0 Å². The second-order valence-corrected chi connectivity index (χ2v) is 5.36. The Morgan fingerprint density at radius 3 is 2.38 bits per heavy atom. The van der Waals surface area contributed by atoms with E-state index in [0.717, 1.165) is 40.8 Å². The molecule has 126 valence electrons. The summed E-state index contributed by atoms with van der Waals surface area (Å²) >= 11 is 0. The highest BCUT2D eigenvalue weighted by Crippen LogP contribution is 2.34. The van der Waals surface area contributed by atoms with Gasteiger partial charge in [0.25, 0.3) is 0 Å². The Kier molecular flexibility index (Phi) is 5.99. The fourth-order valence-electron chi connectivity index (χ4n) is 2.68. The van der Waals surface area contributed by atoms with Gasteiger partial charge in [-0.1, -0.05) is 12.1 Å². The Morgan fingerprint density at radius 1 is 0.958 bits per heavy atom. The van der Waals surface area contributed by atoms with E-state index in [-0.39, 0.29) is 18.2 Å². The summed E-state index contributed by atoms with van der Waals surface area (Å²) in [5, 5.41) is 2.11. The van der Waals surface area contributed by atoms with Gasteiger partial charge in [-0.05, 0) is 35.2 Å². The number of aromatic nitrogens is 1. The first-order valence-corrected chi connectivity index (χ1v) is 7.49. The predicted octanol–water partition coefficient (Wildman–Crippen LogP) is 0.530. The van der Waals surface area contributed by atoms with Crippen LogP contribution in [0, 0.1) is 5.82 Å². The van der Waals surface area contributed by atoms with Gasteiger partial charge in [0.15, 0.2) is 30.4 Å². The lowest BCUT2D eigenvalue weighted by molar-refractivity contribution is -0.695. The number of methoxy groups -OCH3 is 2. The molecule has 0 unspecified atom stereocenters. The maximum Gasteiger partial charge on any atom is 0.180 e. The molecule has 0 saturated carbocycles. The zero-order valence-electron chi connectivity index (χ0n) is 13.6. The summed E-state index contributed by atoms with van der Waals surface area (Å²) in [4.78, 5) is 0.